The molecule has 15 heavy (non-hydrogen) atoms. The molecule has 0 aliphatic heterocycles. The molecule has 0 amide bonds. The summed E-state index contributed by atoms with van der Waals surface area (Å²) >= 11 is 5.91. The minimum absolute atomic E-state index is 0.333. The first kappa shape index (κ1) is 10.2. The van der Waals surface area contributed by atoms with Crippen molar-refractivity contribution in [2.24, 2.45) is 7.05 Å². The minimum Gasteiger partial charge on any atom is -0.299 e. The molecule has 1 aromatic heterocycles. The van der Waals surface area contributed by atoms with Crippen molar-refractivity contribution in [2.75, 3.05) is 5.32 Å². The van der Waals surface area contributed by atoms with Gasteiger partial charge in [0.05, 0.1) is 13.1 Å². The zero-order valence-corrected chi connectivity index (χ0v) is 9.28. The van der Waals surface area contributed by atoms with Crippen molar-refractivity contribution in [3.63, 3.8) is 0 Å². The number of anilines is 1. The van der Waals surface area contributed by atoms with Crippen LogP contribution in [0.15, 0.2) is 36.6 Å². The van der Waals surface area contributed by atoms with Crippen molar-refractivity contribution in [3.8, 4) is 0 Å². The van der Waals surface area contributed by atoms with E-state index in [-0.39, 0.29) is 0 Å². The van der Waals surface area contributed by atoms with Crippen molar-refractivity contribution in [3.05, 3.63) is 41.9 Å². The van der Waals surface area contributed by atoms with Crippen LogP contribution >= 0.6 is 11.6 Å². The van der Waals surface area contributed by atoms with Crippen LogP contribution in [0, 0.1) is 0 Å². The van der Waals surface area contributed by atoms with E-state index in [9.17, 15) is 0 Å². The smallest absolute Gasteiger partial charge is 0.299 e. The van der Waals surface area contributed by atoms with Gasteiger partial charge in [-0.3, -0.25) is 5.32 Å². The highest BCUT2D eigenvalue weighted by atomic mass is 35.5. The number of allylic oxidation sites excluding steroid dienone is 2. The van der Waals surface area contributed by atoms with Gasteiger partial charge in [0.15, 0.2) is 0 Å². The number of nitrogens with zero attached hydrogens (tertiary/aromatic N) is 2. The lowest BCUT2D eigenvalue weighted by molar-refractivity contribution is -0.658. The van der Waals surface area contributed by atoms with Gasteiger partial charge >= 0.3 is 5.28 Å². The molecule has 0 fully saturated rings. The van der Waals surface area contributed by atoms with Gasteiger partial charge in [-0.1, -0.05) is 18.2 Å². The maximum absolute atomic E-state index is 5.91. The fraction of sp³-hybridized carbons (Fsp3) is 0.273. The van der Waals surface area contributed by atoms with E-state index < -0.39 is 0 Å². The summed E-state index contributed by atoms with van der Waals surface area (Å²) in [7, 11) is 1.89. The summed E-state index contributed by atoms with van der Waals surface area (Å²) in [6.45, 7) is 0. The van der Waals surface area contributed by atoms with Crippen LogP contribution < -0.4 is 9.88 Å². The second-order valence-corrected chi connectivity index (χ2v) is 3.80. The highest BCUT2D eigenvalue weighted by Crippen LogP contribution is 2.10. The third kappa shape index (κ3) is 2.36. The number of nitrogens with one attached hydrogen (secondary N) is 1. The van der Waals surface area contributed by atoms with E-state index in [1.165, 1.54) is 0 Å². The van der Waals surface area contributed by atoms with Crippen LogP contribution in [0.4, 0.5) is 5.82 Å². The first-order valence-corrected chi connectivity index (χ1v) is 5.25. The Hall–Kier alpha value is -1.35. The molecule has 0 radical (unpaired) electrons. The number of hydrogen-bond acceptors (Lipinski definition) is 2. The van der Waals surface area contributed by atoms with Gasteiger partial charge in [-0.05, 0) is 17.7 Å². The third-order valence-electron chi connectivity index (χ3n) is 2.37. The van der Waals surface area contributed by atoms with Crippen molar-refractivity contribution in [2.45, 2.75) is 12.5 Å². The highest BCUT2D eigenvalue weighted by molar-refractivity contribution is 6.27. The quantitative estimate of drug-likeness (QED) is 0.611. The lowest BCUT2D eigenvalue weighted by atomic mass is 10.1. The second kappa shape index (κ2) is 4.45. The average molecular weight is 223 g/mol. The minimum atomic E-state index is 0.333. The first-order chi connectivity index (χ1) is 7.27. The maximum Gasteiger partial charge on any atom is 0.334 e. The number of rotatable bonds is 2. The van der Waals surface area contributed by atoms with Crippen LogP contribution in [0.5, 0.6) is 0 Å². The Kier molecular flexibility index (Phi) is 3.02. The fourth-order valence-electron chi connectivity index (χ4n) is 1.49. The van der Waals surface area contributed by atoms with Crippen LogP contribution in [-0.4, -0.2) is 11.0 Å². The molecule has 3 nitrogen and oxygen atoms in total. The van der Waals surface area contributed by atoms with Crippen molar-refractivity contribution < 1.29 is 4.57 Å². The zero-order chi connectivity index (χ0) is 10.7. The van der Waals surface area contributed by atoms with E-state index in [1.54, 1.807) is 6.20 Å². The molecule has 1 aliphatic carbocycles. The Bertz CT molecular complexity index is 412. The van der Waals surface area contributed by atoms with Crippen molar-refractivity contribution in [1.29, 1.82) is 0 Å². The number of hydrogen-bond donors (Lipinski definition) is 1. The summed E-state index contributed by atoms with van der Waals surface area (Å²) in [4.78, 5) is 3.99. The summed E-state index contributed by atoms with van der Waals surface area (Å²) in [6.07, 6.45) is 11.1. The fourth-order valence-corrected chi connectivity index (χ4v) is 1.64. The van der Waals surface area contributed by atoms with Gasteiger partial charge in [-0.25, -0.2) is 4.57 Å². The topological polar surface area (TPSA) is 28.8 Å². The molecule has 1 N–H and O–H groups in total. The Morgan fingerprint density at radius 2 is 2.40 bits per heavy atom. The molecule has 0 bridgehead atoms. The molecule has 1 heterocycles. The number of aromatic nitrogens is 2. The van der Waals surface area contributed by atoms with E-state index in [0.29, 0.717) is 11.3 Å². The van der Waals surface area contributed by atoms with Crippen LogP contribution in [-0.2, 0) is 7.05 Å². The SMILES string of the molecule is C[n+]1c(NC2C=CC=CC2)ccnc1Cl. The maximum atomic E-state index is 5.91. The molecule has 1 atom stereocenters. The summed E-state index contributed by atoms with van der Waals surface area (Å²) < 4.78 is 1.83. The Morgan fingerprint density at radius 1 is 1.53 bits per heavy atom. The standard InChI is InChI=1S/C11H12ClN3/c1-15-10(7-8-13-11(15)12)14-9-5-3-2-4-6-9/h2-5,7-9H,6H2,1H3/p+1. The molecule has 1 aromatic rings. The zero-order valence-electron chi connectivity index (χ0n) is 8.52. The van der Waals surface area contributed by atoms with Gasteiger partial charge in [-0.2, -0.15) is 0 Å². The van der Waals surface area contributed by atoms with Gasteiger partial charge in [-0.15, -0.1) is 4.98 Å². The molecule has 0 spiro atoms. The average Bonchev–Trinajstić information content (AvgIpc) is 2.26. The molecule has 0 aromatic carbocycles. The number of halogens is 1. The van der Waals surface area contributed by atoms with Crippen molar-refractivity contribution in [1.82, 2.24) is 4.98 Å². The van der Waals surface area contributed by atoms with Crippen LogP contribution in [0.2, 0.25) is 5.28 Å². The van der Waals surface area contributed by atoms with Crippen LogP contribution in [0.25, 0.3) is 0 Å². The molecule has 78 valence electrons. The Morgan fingerprint density at radius 3 is 3.13 bits per heavy atom. The van der Waals surface area contributed by atoms with Crippen LogP contribution in [0.1, 0.15) is 6.42 Å². The molecule has 4 heteroatoms. The second-order valence-electron chi connectivity index (χ2n) is 3.46. The van der Waals surface area contributed by atoms with Gasteiger partial charge in [0, 0.05) is 12.5 Å². The molecule has 0 saturated heterocycles. The largest absolute Gasteiger partial charge is 0.334 e. The predicted molar refractivity (Wildman–Crippen MR) is 60.7 cm³/mol. The monoisotopic (exact) mass is 222 g/mol. The lowest BCUT2D eigenvalue weighted by Gasteiger charge is -2.13. The van der Waals surface area contributed by atoms with E-state index in [1.807, 2.05) is 23.8 Å². The molecule has 0 saturated carbocycles. The normalized spacial score (nSPS) is 19.2. The predicted octanol–water partition coefficient (Wildman–Crippen LogP) is 1.86. The first-order valence-electron chi connectivity index (χ1n) is 4.88. The van der Waals surface area contributed by atoms with Crippen LogP contribution in [0.3, 0.4) is 0 Å². The highest BCUT2D eigenvalue weighted by Gasteiger charge is 2.13. The van der Waals surface area contributed by atoms with E-state index in [0.717, 1.165) is 12.2 Å². The molecule has 1 aliphatic rings. The van der Waals surface area contributed by atoms with Gasteiger partial charge in [0.2, 0.25) is 5.82 Å². The molecule has 2 rings (SSSR count). The van der Waals surface area contributed by atoms with E-state index in [2.05, 4.69) is 28.5 Å². The van der Waals surface area contributed by atoms with Gasteiger partial charge in [0.1, 0.15) is 6.20 Å². The third-order valence-corrected chi connectivity index (χ3v) is 2.72. The van der Waals surface area contributed by atoms with E-state index in [4.69, 9.17) is 11.6 Å². The molecular weight excluding hydrogens is 210 g/mol. The lowest BCUT2D eigenvalue weighted by Crippen LogP contribution is -2.37. The molecule has 1 unspecified atom stereocenters. The summed E-state index contributed by atoms with van der Waals surface area (Å²) in [5.41, 5.74) is 0. The Labute approximate surface area is 94.1 Å². The molecular formula is C11H13ClN3+. The summed E-state index contributed by atoms with van der Waals surface area (Å²) in [5, 5.41) is 3.87. The summed E-state index contributed by atoms with van der Waals surface area (Å²) in [6, 6.07) is 2.25. The van der Waals surface area contributed by atoms with Crippen molar-refractivity contribution >= 4 is 17.4 Å². The van der Waals surface area contributed by atoms with E-state index >= 15 is 0 Å². The van der Waals surface area contributed by atoms with Gasteiger partial charge < -0.3 is 0 Å². The van der Waals surface area contributed by atoms with Gasteiger partial charge in [0.25, 0.3) is 0 Å². The summed E-state index contributed by atoms with van der Waals surface area (Å²) in [5.74, 6) is 0.972. The Balaban J connectivity index is 2.14.